The van der Waals surface area contributed by atoms with Crippen LogP contribution >= 0.6 is 15.9 Å². The molecule has 1 aliphatic heterocycles. The quantitative estimate of drug-likeness (QED) is 0.485. The lowest BCUT2D eigenvalue weighted by molar-refractivity contribution is -0.134. The van der Waals surface area contributed by atoms with Crippen molar-refractivity contribution in [1.82, 2.24) is 14.6 Å². The molecular weight excluding hydrogens is 490 g/mol. The monoisotopic (exact) mass is 517 g/mol. The average Bonchev–Trinajstić information content (AvgIpc) is 3.26. The Labute approximate surface area is 197 Å². The fourth-order valence-corrected chi connectivity index (χ4v) is 6.15. The van der Waals surface area contributed by atoms with Gasteiger partial charge in [-0.05, 0) is 61.4 Å². The van der Waals surface area contributed by atoms with E-state index >= 15 is 0 Å². The lowest BCUT2D eigenvalue weighted by atomic mass is 9.98. The first-order chi connectivity index (χ1) is 15.3. The minimum atomic E-state index is -3.89. The van der Waals surface area contributed by atoms with E-state index in [1.807, 2.05) is 35.2 Å². The molecule has 8 heteroatoms. The van der Waals surface area contributed by atoms with Crippen LogP contribution in [0.15, 0.2) is 64.1 Å². The molecule has 32 heavy (non-hydrogen) atoms. The number of carbonyl (C=O) groups is 1. The molecule has 1 fully saturated rings. The summed E-state index contributed by atoms with van der Waals surface area (Å²) in [6.07, 6.45) is 4.57. The Bertz CT molecular complexity index is 1200. The highest BCUT2D eigenvalue weighted by atomic mass is 79.9. The van der Waals surface area contributed by atoms with Crippen molar-refractivity contribution < 1.29 is 13.2 Å². The summed E-state index contributed by atoms with van der Waals surface area (Å²) in [6.45, 7) is 3.52. The number of carbonyl (C=O) groups excluding carboxylic acids is 1. The highest BCUT2D eigenvalue weighted by Gasteiger charge is 2.31. The second-order valence-corrected chi connectivity index (χ2v) is 11.0. The molecule has 2 heterocycles. The highest BCUT2D eigenvalue weighted by Crippen LogP contribution is 2.24. The Kier molecular flexibility index (Phi) is 7.02. The number of nitrogens with one attached hydrogen (secondary N) is 2. The normalized spacial score (nSPS) is 16.4. The van der Waals surface area contributed by atoms with Gasteiger partial charge in [-0.1, -0.05) is 47.1 Å². The van der Waals surface area contributed by atoms with Gasteiger partial charge >= 0.3 is 0 Å². The molecule has 4 rings (SSSR count). The fraction of sp³-hybridized carbons (Fsp3) is 0.375. The molecule has 1 unspecified atom stereocenters. The number of likely N-dealkylation sites (tertiary alicyclic amines) is 1. The third-order valence-corrected chi connectivity index (χ3v) is 8.50. The maximum atomic E-state index is 13.4. The summed E-state index contributed by atoms with van der Waals surface area (Å²) in [7, 11) is -3.89. The minimum absolute atomic E-state index is 0.145. The van der Waals surface area contributed by atoms with E-state index in [0.29, 0.717) is 37.2 Å². The number of halogens is 1. The zero-order chi connectivity index (χ0) is 22.7. The van der Waals surface area contributed by atoms with Gasteiger partial charge in [0.2, 0.25) is 15.9 Å². The Balaban J connectivity index is 1.59. The smallest absolute Gasteiger partial charge is 0.241 e. The van der Waals surface area contributed by atoms with Gasteiger partial charge in [-0.3, -0.25) is 4.79 Å². The maximum absolute atomic E-state index is 13.4. The number of aromatic amines is 1. The van der Waals surface area contributed by atoms with E-state index in [1.54, 1.807) is 24.4 Å². The summed E-state index contributed by atoms with van der Waals surface area (Å²) in [5.41, 5.74) is 1.79. The predicted molar refractivity (Wildman–Crippen MR) is 130 cm³/mol. The van der Waals surface area contributed by atoms with Crippen molar-refractivity contribution in [2.75, 3.05) is 13.1 Å². The first kappa shape index (κ1) is 23.0. The number of sulfonamides is 1. The topological polar surface area (TPSA) is 82.3 Å². The van der Waals surface area contributed by atoms with Gasteiger partial charge in [-0.25, -0.2) is 8.42 Å². The number of rotatable bonds is 7. The third-order valence-electron chi connectivity index (χ3n) is 6.20. The lowest BCUT2D eigenvalue weighted by Gasteiger charge is -2.33. The molecule has 0 radical (unpaired) electrons. The van der Waals surface area contributed by atoms with Crippen LogP contribution in [-0.2, 0) is 21.2 Å². The molecule has 2 N–H and O–H groups in total. The van der Waals surface area contributed by atoms with Gasteiger partial charge in [-0.2, -0.15) is 4.72 Å². The second kappa shape index (κ2) is 9.77. The van der Waals surface area contributed by atoms with Gasteiger partial charge < -0.3 is 9.88 Å². The maximum Gasteiger partial charge on any atom is 0.241 e. The summed E-state index contributed by atoms with van der Waals surface area (Å²) in [6, 6.07) is 13.9. The molecule has 1 saturated heterocycles. The van der Waals surface area contributed by atoms with Crippen molar-refractivity contribution in [3.05, 3.63) is 64.8 Å². The predicted octanol–water partition coefficient (Wildman–Crippen LogP) is 4.47. The van der Waals surface area contributed by atoms with E-state index in [-0.39, 0.29) is 10.8 Å². The van der Waals surface area contributed by atoms with Crippen LogP contribution < -0.4 is 4.72 Å². The summed E-state index contributed by atoms with van der Waals surface area (Å²) in [5.74, 6) is 0.439. The van der Waals surface area contributed by atoms with Crippen molar-refractivity contribution >= 4 is 42.8 Å². The van der Waals surface area contributed by atoms with Gasteiger partial charge in [0.15, 0.2) is 0 Å². The number of benzene rings is 2. The van der Waals surface area contributed by atoms with Crippen LogP contribution in [0.4, 0.5) is 0 Å². The number of aromatic nitrogens is 1. The first-order valence-electron chi connectivity index (χ1n) is 11.0. The van der Waals surface area contributed by atoms with Crippen LogP contribution in [0.3, 0.4) is 0 Å². The van der Waals surface area contributed by atoms with E-state index in [4.69, 9.17) is 0 Å². The van der Waals surface area contributed by atoms with Crippen LogP contribution in [0.25, 0.3) is 10.9 Å². The summed E-state index contributed by atoms with van der Waals surface area (Å²) in [5, 5.41) is 0.615. The van der Waals surface area contributed by atoms with Crippen molar-refractivity contribution in [2.24, 2.45) is 5.92 Å². The van der Waals surface area contributed by atoms with E-state index < -0.39 is 16.1 Å². The van der Waals surface area contributed by atoms with E-state index in [9.17, 15) is 13.2 Å². The zero-order valence-corrected chi connectivity index (χ0v) is 20.5. The van der Waals surface area contributed by atoms with E-state index in [0.717, 1.165) is 28.4 Å². The van der Waals surface area contributed by atoms with Crippen molar-refractivity contribution in [3.8, 4) is 0 Å². The van der Waals surface area contributed by atoms with Gasteiger partial charge in [0, 0.05) is 34.7 Å². The van der Waals surface area contributed by atoms with Crippen LogP contribution in [-0.4, -0.2) is 43.3 Å². The van der Waals surface area contributed by atoms with Crippen LogP contribution in [0.1, 0.15) is 31.7 Å². The zero-order valence-electron chi connectivity index (χ0n) is 18.1. The number of fused-ring (bicyclic) bond motifs is 1. The van der Waals surface area contributed by atoms with Gasteiger partial charge in [0.25, 0.3) is 0 Å². The van der Waals surface area contributed by atoms with Gasteiger partial charge in [0.05, 0.1) is 4.90 Å². The Morgan fingerprint density at radius 2 is 1.91 bits per heavy atom. The van der Waals surface area contributed by atoms with Gasteiger partial charge in [-0.15, -0.1) is 0 Å². The number of hydrogen-bond donors (Lipinski definition) is 2. The van der Waals surface area contributed by atoms with E-state index in [1.165, 1.54) is 0 Å². The minimum Gasteiger partial charge on any atom is -0.361 e. The van der Waals surface area contributed by atoms with Crippen LogP contribution in [0.2, 0.25) is 0 Å². The molecule has 1 aliphatic rings. The molecule has 0 saturated carbocycles. The molecule has 1 amide bonds. The summed E-state index contributed by atoms with van der Waals surface area (Å²) in [4.78, 5) is 18.5. The van der Waals surface area contributed by atoms with Crippen molar-refractivity contribution in [1.29, 1.82) is 0 Å². The fourth-order valence-electron chi connectivity index (χ4n) is 4.22. The van der Waals surface area contributed by atoms with Gasteiger partial charge in [0.1, 0.15) is 6.04 Å². The molecule has 0 spiro atoms. The molecule has 0 aliphatic carbocycles. The highest BCUT2D eigenvalue weighted by molar-refractivity contribution is 9.10. The van der Waals surface area contributed by atoms with Crippen molar-refractivity contribution in [2.45, 2.75) is 43.5 Å². The molecule has 170 valence electrons. The Morgan fingerprint density at radius 1 is 1.16 bits per heavy atom. The van der Waals surface area contributed by atoms with E-state index in [2.05, 4.69) is 32.6 Å². The first-order valence-corrected chi connectivity index (χ1v) is 13.2. The lowest BCUT2D eigenvalue weighted by Crippen LogP contribution is -2.50. The molecule has 2 aromatic carbocycles. The molecule has 1 atom stereocenters. The summed E-state index contributed by atoms with van der Waals surface area (Å²) >= 11 is 3.55. The summed E-state index contributed by atoms with van der Waals surface area (Å²) < 4.78 is 30.4. The second-order valence-electron chi connectivity index (χ2n) is 8.51. The average molecular weight is 518 g/mol. The molecule has 1 aromatic heterocycles. The van der Waals surface area contributed by atoms with Crippen LogP contribution in [0, 0.1) is 5.92 Å². The third kappa shape index (κ3) is 5.08. The number of nitrogens with zero attached hydrogens (tertiary/aromatic N) is 1. The number of amides is 1. The SMILES string of the molecule is CC1CCN(C(=O)C(CCc2ccccc2Br)NS(=O)(=O)c2cccc3[nH]ccc23)CC1. The standard InChI is InChI=1S/C24H28BrN3O3S/c1-17-12-15-28(16-13-17)24(29)22(10-9-18-5-2-3-6-20(18)25)27-32(30,31)23-8-4-7-21-19(23)11-14-26-21/h2-8,11,14,17,22,26-27H,9-10,12-13,15-16H2,1H3. The largest absolute Gasteiger partial charge is 0.361 e. The number of aryl methyl sites for hydroxylation is 1. The molecular formula is C24H28BrN3O3S. The Hall–Kier alpha value is -2.16. The van der Waals surface area contributed by atoms with Crippen LogP contribution in [0.5, 0.6) is 0 Å². The molecule has 6 nitrogen and oxygen atoms in total. The Morgan fingerprint density at radius 3 is 2.66 bits per heavy atom. The number of hydrogen-bond acceptors (Lipinski definition) is 3. The molecule has 3 aromatic rings. The number of piperidine rings is 1. The number of H-pyrrole nitrogens is 1. The molecule has 0 bridgehead atoms. The van der Waals surface area contributed by atoms with Crippen molar-refractivity contribution in [3.63, 3.8) is 0 Å².